The minimum absolute atomic E-state index is 0.0820. The molecule has 0 aliphatic carbocycles. The molecule has 1 aromatic carbocycles. The number of aryl methyl sites for hydroxylation is 1. The van der Waals surface area contributed by atoms with E-state index in [1.54, 1.807) is 12.1 Å². The Hall–Kier alpha value is -1.38. The molecule has 0 amide bonds. The van der Waals surface area contributed by atoms with Crippen LogP contribution in [-0.2, 0) is 0 Å². The average molecular weight is 178 g/mol. The molecule has 0 fully saturated rings. The van der Waals surface area contributed by atoms with E-state index in [1.807, 2.05) is 19.9 Å². The summed E-state index contributed by atoms with van der Waals surface area (Å²) in [7, 11) is 0. The van der Waals surface area contributed by atoms with Crippen LogP contribution in [0, 0.1) is 24.0 Å². The molecule has 3 heteroatoms. The van der Waals surface area contributed by atoms with E-state index < -0.39 is 0 Å². The summed E-state index contributed by atoms with van der Waals surface area (Å²) < 4.78 is 0. The van der Waals surface area contributed by atoms with E-state index >= 15 is 0 Å². The largest absolute Gasteiger partial charge is 0.269 e. The van der Waals surface area contributed by atoms with Crippen LogP contribution in [0.2, 0.25) is 0 Å². The first-order valence-electron chi connectivity index (χ1n) is 4.10. The zero-order valence-corrected chi connectivity index (χ0v) is 7.78. The summed E-state index contributed by atoms with van der Waals surface area (Å²) in [6, 6.07) is 5.06. The fourth-order valence-corrected chi connectivity index (χ4v) is 1.18. The van der Waals surface area contributed by atoms with Crippen LogP contribution in [0.4, 0.5) is 5.69 Å². The van der Waals surface area contributed by atoms with E-state index in [4.69, 9.17) is 0 Å². The van der Waals surface area contributed by atoms with Gasteiger partial charge in [0.1, 0.15) is 0 Å². The minimum atomic E-state index is -0.376. The lowest BCUT2D eigenvalue weighted by atomic mass is 10.0. The second kappa shape index (κ2) is 3.56. The molecule has 1 unspecified atom stereocenters. The van der Waals surface area contributed by atoms with Gasteiger partial charge < -0.3 is 0 Å². The molecule has 1 rings (SSSR count). The molecule has 0 bridgehead atoms. The van der Waals surface area contributed by atoms with Gasteiger partial charge in [-0.25, -0.2) is 0 Å². The predicted octanol–water partition coefficient (Wildman–Crippen LogP) is 2.84. The van der Waals surface area contributed by atoms with Crippen molar-refractivity contribution >= 4 is 5.69 Å². The summed E-state index contributed by atoms with van der Waals surface area (Å²) in [6.45, 7) is 7.59. The summed E-state index contributed by atoms with van der Waals surface area (Å²) in [5.41, 5.74) is 1.96. The van der Waals surface area contributed by atoms with E-state index in [1.165, 1.54) is 0 Å². The standard InChI is InChI=1S/C10H12NO2/c1-7(2)9-4-8(3)5-10(6-9)11(12)13/h4-7H,1H2,2-3H3. The number of non-ortho nitro benzene ring substituents is 1. The summed E-state index contributed by atoms with van der Waals surface area (Å²) in [6.07, 6.45) is 0. The van der Waals surface area contributed by atoms with Gasteiger partial charge in [0, 0.05) is 12.1 Å². The van der Waals surface area contributed by atoms with Crippen LogP contribution >= 0.6 is 0 Å². The van der Waals surface area contributed by atoms with Gasteiger partial charge in [-0.15, -0.1) is 0 Å². The number of hydrogen-bond acceptors (Lipinski definition) is 2. The molecule has 3 nitrogen and oxygen atoms in total. The third kappa shape index (κ3) is 2.28. The van der Waals surface area contributed by atoms with Gasteiger partial charge in [-0.2, -0.15) is 0 Å². The van der Waals surface area contributed by atoms with Gasteiger partial charge in [0.2, 0.25) is 0 Å². The van der Waals surface area contributed by atoms with Gasteiger partial charge in [0.15, 0.2) is 0 Å². The van der Waals surface area contributed by atoms with Crippen molar-refractivity contribution in [2.24, 2.45) is 0 Å². The van der Waals surface area contributed by atoms with Crippen LogP contribution in [0.5, 0.6) is 0 Å². The maximum absolute atomic E-state index is 10.5. The molecular weight excluding hydrogens is 166 g/mol. The van der Waals surface area contributed by atoms with Crippen LogP contribution in [-0.4, -0.2) is 4.92 Å². The van der Waals surface area contributed by atoms with Crippen LogP contribution in [0.15, 0.2) is 18.2 Å². The first kappa shape index (κ1) is 9.71. The fourth-order valence-electron chi connectivity index (χ4n) is 1.18. The van der Waals surface area contributed by atoms with Crippen LogP contribution in [0.25, 0.3) is 0 Å². The molecule has 0 aliphatic rings. The molecule has 0 spiro atoms. The molecule has 1 aromatic rings. The topological polar surface area (TPSA) is 43.1 Å². The molecule has 69 valence electrons. The lowest BCUT2D eigenvalue weighted by Crippen LogP contribution is -1.93. The Kier molecular flexibility index (Phi) is 2.66. The Morgan fingerprint density at radius 1 is 1.46 bits per heavy atom. The summed E-state index contributed by atoms with van der Waals surface area (Å²) in [5, 5.41) is 10.5. The van der Waals surface area contributed by atoms with Crippen LogP contribution in [0.1, 0.15) is 24.0 Å². The number of nitro benzene ring substituents is 1. The molecular formula is C10H12NO2. The summed E-state index contributed by atoms with van der Waals surface area (Å²) >= 11 is 0. The summed E-state index contributed by atoms with van der Waals surface area (Å²) in [5.74, 6) is 0.0820. The molecule has 13 heavy (non-hydrogen) atoms. The SMILES string of the molecule is [CH2]C(C)c1cc(C)cc([N+](=O)[O-])c1. The van der Waals surface area contributed by atoms with Crippen LogP contribution < -0.4 is 0 Å². The number of nitrogens with zero attached hydrogens (tertiary/aromatic N) is 1. The highest BCUT2D eigenvalue weighted by Gasteiger charge is 2.09. The van der Waals surface area contributed by atoms with Crippen molar-refractivity contribution in [2.75, 3.05) is 0 Å². The van der Waals surface area contributed by atoms with Crippen molar-refractivity contribution in [1.29, 1.82) is 0 Å². The molecule has 0 aromatic heterocycles. The average Bonchev–Trinajstić information content (AvgIpc) is 2.03. The van der Waals surface area contributed by atoms with Gasteiger partial charge in [0.25, 0.3) is 5.69 Å². The lowest BCUT2D eigenvalue weighted by Gasteiger charge is -2.05. The van der Waals surface area contributed by atoms with E-state index in [0.29, 0.717) is 0 Å². The monoisotopic (exact) mass is 178 g/mol. The predicted molar refractivity (Wildman–Crippen MR) is 51.6 cm³/mol. The highest BCUT2D eigenvalue weighted by atomic mass is 16.6. The van der Waals surface area contributed by atoms with Gasteiger partial charge in [-0.3, -0.25) is 10.1 Å². The molecule has 0 saturated carbocycles. The molecule has 0 N–H and O–H groups in total. The van der Waals surface area contributed by atoms with Gasteiger partial charge in [0.05, 0.1) is 4.92 Å². The van der Waals surface area contributed by atoms with E-state index in [-0.39, 0.29) is 16.5 Å². The highest BCUT2D eigenvalue weighted by molar-refractivity contribution is 5.40. The smallest absolute Gasteiger partial charge is 0.258 e. The second-order valence-electron chi connectivity index (χ2n) is 3.26. The Bertz CT molecular complexity index is 332. The van der Waals surface area contributed by atoms with Crippen molar-refractivity contribution in [3.05, 3.63) is 46.4 Å². The van der Waals surface area contributed by atoms with Crippen molar-refractivity contribution in [3.63, 3.8) is 0 Å². The van der Waals surface area contributed by atoms with Crippen molar-refractivity contribution in [3.8, 4) is 0 Å². The maximum Gasteiger partial charge on any atom is 0.269 e. The Morgan fingerprint density at radius 2 is 2.08 bits per heavy atom. The summed E-state index contributed by atoms with van der Waals surface area (Å²) in [4.78, 5) is 10.1. The molecule has 1 atom stereocenters. The van der Waals surface area contributed by atoms with Crippen molar-refractivity contribution in [2.45, 2.75) is 19.8 Å². The minimum Gasteiger partial charge on any atom is -0.258 e. The zero-order chi connectivity index (χ0) is 10.0. The highest BCUT2D eigenvalue weighted by Crippen LogP contribution is 2.22. The van der Waals surface area contributed by atoms with Gasteiger partial charge in [-0.1, -0.05) is 13.0 Å². The third-order valence-electron chi connectivity index (χ3n) is 1.86. The van der Waals surface area contributed by atoms with E-state index in [0.717, 1.165) is 11.1 Å². The maximum atomic E-state index is 10.5. The lowest BCUT2D eigenvalue weighted by molar-refractivity contribution is -0.385. The van der Waals surface area contributed by atoms with E-state index in [9.17, 15) is 10.1 Å². The molecule has 0 saturated heterocycles. The Labute approximate surface area is 77.5 Å². The van der Waals surface area contributed by atoms with Gasteiger partial charge in [-0.05, 0) is 30.9 Å². The second-order valence-corrected chi connectivity index (χ2v) is 3.26. The van der Waals surface area contributed by atoms with Gasteiger partial charge >= 0.3 is 0 Å². The fraction of sp³-hybridized carbons (Fsp3) is 0.300. The zero-order valence-electron chi connectivity index (χ0n) is 7.78. The number of hydrogen-bond donors (Lipinski definition) is 0. The van der Waals surface area contributed by atoms with Crippen molar-refractivity contribution in [1.82, 2.24) is 0 Å². The molecule has 1 radical (unpaired) electrons. The Balaban J connectivity index is 3.19. The molecule has 0 aliphatic heterocycles. The first-order valence-corrected chi connectivity index (χ1v) is 4.10. The first-order chi connectivity index (χ1) is 6.00. The van der Waals surface area contributed by atoms with Crippen LogP contribution in [0.3, 0.4) is 0 Å². The molecule has 0 heterocycles. The third-order valence-corrected chi connectivity index (χ3v) is 1.86. The van der Waals surface area contributed by atoms with E-state index in [2.05, 4.69) is 6.92 Å². The Morgan fingerprint density at radius 3 is 2.54 bits per heavy atom. The number of rotatable bonds is 2. The number of nitro groups is 1. The van der Waals surface area contributed by atoms with Crippen molar-refractivity contribution < 1.29 is 4.92 Å². The normalized spacial score (nSPS) is 10.5. The number of benzene rings is 1. The quantitative estimate of drug-likeness (QED) is 0.516.